The molecule has 0 saturated carbocycles. The summed E-state index contributed by atoms with van der Waals surface area (Å²) in [5, 5.41) is 1.81. The number of nitrogens with two attached hydrogens (primary N) is 1. The number of thiazole rings is 1. The van der Waals surface area contributed by atoms with Crippen LogP contribution >= 0.6 is 23.1 Å². The standard InChI is InChI=1S/C12H20N4O2S3/c1-4-12(5-2,19-3)8-14-21(17,18)10-9(13)15-11-16(10)6-7-20-11/h6-7,14H,4-5,8,13H2,1-3H3. The molecule has 0 saturated heterocycles. The number of hydrogen-bond acceptors (Lipinski definition) is 6. The molecule has 2 aromatic rings. The summed E-state index contributed by atoms with van der Waals surface area (Å²) in [6.07, 6.45) is 5.46. The maximum absolute atomic E-state index is 12.6. The van der Waals surface area contributed by atoms with Gasteiger partial charge in [0.05, 0.1) is 0 Å². The van der Waals surface area contributed by atoms with Crippen LogP contribution in [0.3, 0.4) is 0 Å². The molecule has 0 fully saturated rings. The van der Waals surface area contributed by atoms with Crippen molar-refractivity contribution >= 4 is 43.9 Å². The summed E-state index contributed by atoms with van der Waals surface area (Å²) in [7, 11) is -3.69. The fourth-order valence-electron chi connectivity index (χ4n) is 2.20. The van der Waals surface area contributed by atoms with E-state index in [4.69, 9.17) is 5.73 Å². The van der Waals surface area contributed by atoms with Gasteiger partial charge in [-0.05, 0) is 19.1 Å². The number of hydrogen-bond donors (Lipinski definition) is 2. The number of thioether (sulfide) groups is 1. The third kappa shape index (κ3) is 3.05. The van der Waals surface area contributed by atoms with E-state index in [1.54, 1.807) is 23.3 Å². The molecule has 6 nitrogen and oxygen atoms in total. The molecule has 0 bridgehead atoms. The summed E-state index contributed by atoms with van der Waals surface area (Å²) < 4.78 is 29.2. The van der Waals surface area contributed by atoms with Gasteiger partial charge in [0.15, 0.2) is 15.8 Å². The van der Waals surface area contributed by atoms with E-state index in [0.717, 1.165) is 12.8 Å². The van der Waals surface area contributed by atoms with Crippen LogP contribution in [0.25, 0.3) is 4.96 Å². The number of nitrogens with one attached hydrogen (secondary N) is 1. The first-order valence-corrected chi connectivity index (χ1v) is 10.2. The minimum absolute atomic E-state index is 0.0287. The van der Waals surface area contributed by atoms with Crippen molar-refractivity contribution in [3.63, 3.8) is 0 Å². The molecular formula is C12H20N4O2S3. The fourth-order valence-corrected chi connectivity index (χ4v) is 5.20. The lowest BCUT2D eigenvalue weighted by atomic mass is 10.0. The lowest BCUT2D eigenvalue weighted by molar-refractivity contribution is 0.520. The Bertz CT molecular complexity index is 708. The van der Waals surface area contributed by atoms with E-state index in [2.05, 4.69) is 23.6 Å². The van der Waals surface area contributed by atoms with Crippen molar-refractivity contribution in [2.45, 2.75) is 36.5 Å². The quantitative estimate of drug-likeness (QED) is 0.800. The summed E-state index contributed by atoms with van der Waals surface area (Å²) in [4.78, 5) is 4.66. The van der Waals surface area contributed by atoms with E-state index >= 15 is 0 Å². The predicted molar refractivity (Wildman–Crippen MR) is 89.5 cm³/mol. The molecule has 2 aromatic heterocycles. The van der Waals surface area contributed by atoms with E-state index in [0.29, 0.717) is 11.5 Å². The SMILES string of the molecule is CCC(CC)(CNS(=O)(=O)c1c(N)nc2sccn12)SC. The number of nitrogens with zero attached hydrogens (tertiary/aromatic N) is 2. The molecule has 9 heteroatoms. The molecule has 0 amide bonds. The molecule has 0 atom stereocenters. The second-order valence-corrected chi connectivity index (χ2v) is 8.61. The zero-order valence-electron chi connectivity index (χ0n) is 12.3. The van der Waals surface area contributed by atoms with E-state index in [1.165, 1.54) is 15.7 Å². The van der Waals surface area contributed by atoms with Crippen LogP contribution in [0.1, 0.15) is 26.7 Å². The Balaban J connectivity index is 2.31. The molecule has 0 radical (unpaired) electrons. The average Bonchev–Trinajstić information content (AvgIpc) is 3.00. The second-order valence-electron chi connectivity index (χ2n) is 4.78. The number of fused-ring (bicyclic) bond motifs is 1. The average molecular weight is 349 g/mol. The first kappa shape index (κ1) is 16.6. The van der Waals surface area contributed by atoms with Gasteiger partial charge in [-0.15, -0.1) is 11.3 Å². The normalized spacial score (nSPS) is 13.1. The van der Waals surface area contributed by atoms with Crippen molar-refractivity contribution in [2.24, 2.45) is 0 Å². The molecule has 0 aromatic carbocycles. The van der Waals surface area contributed by atoms with Gasteiger partial charge >= 0.3 is 0 Å². The molecule has 2 heterocycles. The molecule has 21 heavy (non-hydrogen) atoms. The van der Waals surface area contributed by atoms with Gasteiger partial charge in [0, 0.05) is 22.9 Å². The van der Waals surface area contributed by atoms with Gasteiger partial charge in [0.1, 0.15) is 0 Å². The van der Waals surface area contributed by atoms with Crippen LogP contribution in [0.15, 0.2) is 16.6 Å². The van der Waals surface area contributed by atoms with E-state index in [-0.39, 0.29) is 15.6 Å². The molecule has 2 rings (SSSR count). The lowest BCUT2D eigenvalue weighted by Gasteiger charge is -2.29. The highest BCUT2D eigenvalue weighted by Crippen LogP contribution is 2.30. The minimum atomic E-state index is -3.69. The van der Waals surface area contributed by atoms with Gasteiger partial charge in [-0.3, -0.25) is 4.40 Å². The van der Waals surface area contributed by atoms with Crippen molar-refractivity contribution in [2.75, 3.05) is 18.5 Å². The highest BCUT2D eigenvalue weighted by atomic mass is 32.2. The Labute approximate surface area is 133 Å². The molecule has 0 aliphatic carbocycles. The van der Waals surface area contributed by atoms with Crippen LogP contribution in [0.2, 0.25) is 0 Å². The molecular weight excluding hydrogens is 328 g/mol. The Morgan fingerprint density at radius 2 is 2.14 bits per heavy atom. The highest BCUT2D eigenvalue weighted by Gasteiger charge is 2.30. The van der Waals surface area contributed by atoms with Crippen molar-refractivity contribution < 1.29 is 8.42 Å². The third-order valence-corrected chi connectivity index (χ3v) is 7.59. The minimum Gasteiger partial charge on any atom is -0.381 e. The van der Waals surface area contributed by atoms with Crippen molar-refractivity contribution in [3.05, 3.63) is 11.6 Å². The Morgan fingerprint density at radius 3 is 2.71 bits per heavy atom. The number of imidazole rings is 1. The largest absolute Gasteiger partial charge is 0.381 e. The highest BCUT2D eigenvalue weighted by molar-refractivity contribution is 8.00. The van der Waals surface area contributed by atoms with E-state index < -0.39 is 10.0 Å². The Kier molecular flexibility index (Phi) is 4.86. The smallest absolute Gasteiger partial charge is 0.260 e. The summed E-state index contributed by atoms with van der Waals surface area (Å²) in [5.41, 5.74) is 5.77. The number of anilines is 1. The third-order valence-electron chi connectivity index (χ3n) is 3.80. The summed E-state index contributed by atoms with van der Waals surface area (Å²) in [5.74, 6) is 0.0390. The van der Waals surface area contributed by atoms with E-state index in [1.807, 2.05) is 6.26 Å². The second kappa shape index (κ2) is 6.15. The topological polar surface area (TPSA) is 89.5 Å². The van der Waals surface area contributed by atoms with Crippen LogP contribution in [0.5, 0.6) is 0 Å². The maximum atomic E-state index is 12.6. The summed E-state index contributed by atoms with van der Waals surface area (Å²) in [6, 6.07) is 0. The number of aromatic nitrogens is 2. The van der Waals surface area contributed by atoms with Crippen LogP contribution in [-0.4, -0.2) is 35.4 Å². The molecule has 0 spiro atoms. The summed E-state index contributed by atoms with van der Waals surface area (Å²) >= 11 is 3.04. The molecule has 118 valence electrons. The van der Waals surface area contributed by atoms with Gasteiger partial charge < -0.3 is 5.73 Å². The molecule has 3 N–H and O–H groups in total. The fraction of sp³-hybridized carbons (Fsp3) is 0.583. The lowest BCUT2D eigenvalue weighted by Crippen LogP contribution is -2.40. The van der Waals surface area contributed by atoms with Gasteiger partial charge in [0.25, 0.3) is 10.0 Å². The summed E-state index contributed by atoms with van der Waals surface area (Å²) in [6.45, 7) is 4.51. The van der Waals surface area contributed by atoms with Crippen molar-refractivity contribution in [1.82, 2.24) is 14.1 Å². The first-order valence-electron chi connectivity index (χ1n) is 6.65. The van der Waals surface area contributed by atoms with Crippen LogP contribution in [0, 0.1) is 0 Å². The molecule has 0 aliphatic rings. The van der Waals surface area contributed by atoms with Gasteiger partial charge in [0.2, 0.25) is 0 Å². The van der Waals surface area contributed by atoms with Crippen molar-refractivity contribution in [1.29, 1.82) is 0 Å². The van der Waals surface area contributed by atoms with Gasteiger partial charge in [-0.2, -0.15) is 11.8 Å². The Hall–Kier alpha value is -0.770. The number of sulfonamides is 1. The van der Waals surface area contributed by atoms with Gasteiger partial charge in [-0.1, -0.05) is 13.8 Å². The Morgan fingerprint density at radius 1 is 1.48 bits per heavy atom. The zero-order valence-corrected chi connectivity index (χ0v) is 14.7. The maximum Gasteiger partial charge on any atom is 0.260 e. The number of nitrogen functional groups attached to an aromatic ring is 1. The van der Waals surface area contributed by atoms with Crippen molar-refractivity contribution in [3.8, 4) is 0 Å². The molecule has 0 unspecified atom stereocenters. The monoisotopic (exact) mass is 348 g/mol. The van der Waals surface area contributed by atoms with Crippen LogP contribution < -0.4 is 10.5 Å². The zero-order chi connectivity index (χ0) is 15.7. The van der Waals surface area contributed by atoms with E-state index in [9.17, 15) is 8.42 Å². The van der Waals surface area contributed by atoms with Crippen LogP contribution in [-0.2, 0) is 10.0 Å². The van der Waals surface area contributed by atoms with Crippen LogP contribution in [0.4, 0.5) is 5.82 Å². The predicted octanol–water partition coefficient (Wildman–Crippen LogP) is 2.18. The van der Waals surface area contributed by atoms with Gasteiger partial charge in [-0.25, -0.2) is 18.1 Å². The molecule has 0 aliphatic heterocycles. The first-order chi connectivity index (χ1) is 9.89. The number of rotatable bonds is 7.